The number of aliphatic hydroxyl groups is 8. The van der Waals surface area contributed by atoms with Crippen LogP contribution in [0.25, 0.3) is 0 Å². The molecule has 0 aromatic carbocycles. The quantitative estimate of drug-likeness (QED) is 0.0209. The van der Waals surface area contributed by atoms with E-state index in [1.54, 1.807) is 0 Å². The molecular formula is C97H186O15. The van der Waals surface area contributed by atoms with Crippen molar-refractivity contribution in [3.05, 3.63) is 0 Å². The van der Waals surface area contributed by atoms with Crippen LogP contribution in [-0.2, 0) is 33.3 Å². The Morgan fingerprint density at radius 2 is 0.643 bits per heavy atom. The second-order valence-corrected chi connectivity index (χ2v) is 36.4. The molecule has 2 aliphatic heterocycles. The van der Waals surface area contributed by atoms with Crippen LogP contribution in [0.5, 0.6) is 0 Å². The molecule has 3 aliphatic rings. The Hall–Kier alpha value is -1.50. The van der Waals surface area contributed by atoms with E-state index in [1.807, 2.05) is 0 Å². The Morgan fingerprint density at radius 1 is 0.348 bits per heavy atom. The first-order valence-corrected chi connectivity index (χ1v) is 49.4. The molecule has 3 rings (SSSR count). The van der Waals surface area contributed by atoms with Gasteiger partial charge in [0.15, 0.2) is 12.6 Å². The molecule has 0 spiro atoms. The summed E-state index contributed by atoms with van der Waals surface area (Å²) in [6.45, 7) is 7.97. The van der Waals surface area contributed by atoms with Crippen LogP contribution in [0, 0.1) is 23.7 Å². The van der Waals surface area contributed by atoms with Gasteiger partial charge in [0.05, 0.1) is 24.7 Å². The van der Waals surface area contributed by atoms with Gasteiger partial charge in [-0.15, -0.1) is 0 Å². The largest absolute Gasteiger partial charge is 0.463 e. The van der Waals surface area contributed by atoms with Crippen molar-refractivity contribution in [3.8, 4) is 0 Å². The monoisotopic (exact) mass is 1590 g/mol. The van der Waals surface area contributed by atoms with Crippen molar-refractivity contribution in [3.63, 3.8) is 0 Å². The zero-order chi connectivity index (χ0) is 81.0. The van der Waals surface area contributed by atoms with Crippen LogP contribution >= 0.6 is 0 Å². The highest BCUT2D eigenvalue weighted by Crippen LogP contribution is 2.49. The maximum Gasteiger partial charge on any atom is 0.311 e. The molecule has 1 saturated carbocycles. The van der Waals surface area contributed by atoms with Gasteiger partial charge in [-0.25, -0.2) is 0 Å². The van der Waals surface area contributed by atoms with Gasteiger partial charge < -0.3 is 64.5 Å². The summed E-state index contributed by atoms with van der Waals surface area (Å²) in [5.41, 5.74) is 0. The highest BCUT2D eigenvalue weighted by Gasteiger charge is 2.50. The van der Waals surface area contributed by atoms with Crippen molar-refractivity contribution in [2.45, 2.75) is 570 Å². The van der Waals surface area contributed by atoms with Gasteiger partial charge in [0.25, 0.3) is 0 Å². The van der Waals surface area contributed by atoms with Crippen LogP contribution in [0.15, 0.2) is 0 Å². The lowest BCUT2D eigenvalue weighted by Gasteiger charge is -2.44. The molecule has 112 heavy (non-hydrogen) atoms. The number of hydrogen-bond donors (Lipinski definition) is 8. The van der Waals surface area contributed by atoms with E-state index in [0.29, 0.717) is 19.3 Å². The molecule has 16 atom stereocenters. The lowest BCUT2D eigenvalue weighted by atomic mass is 9.91. The molecular weight excluding hydrogens is 1410 g/mol. The maximum atomic E-state index is 13.8. The predicted octanol–water partition coefficient (Wildman–Crippen LogP) is 24.5. The van der Waals surface area contributed by atoms with Gasteiger partial charge in [-0.3, -0.25) is 9.59 Å². The summed E-state index contributed by atoms with van der Waals surface area (Å²) in [6, 6.07) is 0. The van der Waals surface area contributed by atoms with Gasteiger partial charge >= 0.3 is 11.9 Å². The smallest absolute Gasteiger partial charge is 0.311 e. The molecule has 664 valence electrons. The summed E-state index contributed by atoms with van der Waals surface area (Å²) in [7, 11) is 0. The lowest BCUT2D eigenvalue weighted by molar-refractivity contribution is -0.376. The van der Waals surface area contributed by atoms with Crippen molar-refractivity contribution in [1.29, 1.82) is 0 Å². The number of hydrogen-bond acceptors (Lipinski definition) is 15. The van der Waals surface area contributed by atoms with E-state index >= 15 is 0 Å². The minimum atomic E-state index is -1.83. The average Bonchev–Trinajstić information content (AvgIpc) is 0.951. The molecule has 0 aromatic rings. The van der Waals surface area contributed by atoms with Gasteiger partial charge in [-0.05, 0) is 63.2 Å². The van der Waals surface area contributed by atoms with Crippen LogP contribution in [0.2, 0.25) is 0 Å². The summed E-state index contributed by atoms with van der Waals surface area (Å²) in [5, 5.41) is 84.6. The van der Waals surface area contributed by atoms with E-state index < -0.39 is 92.6 Å². The van der Waals surface area contributed by atoms with Crippen LogP contribution in [0.1, 0.15) is 496 Å². The number of rotatable bonds is 83. The Balaban J connectivity index is 1.11. The Bertz CT molecular complexity index is 2050. The van der Waals surface area contributed by atoms with Crippen LogP contribution in [-0.4, -0.2) is 140 Å². The first-order valence-electron chi connectivity index (χ1n) is 49.4. The van der Waals surface area contributed by atoms with Gasteiger partial charge in [-0.1, -0.05) is 445 Å². The standard InChI is InChI=1S/C97H186O15/c1-5-7-9-11-13-15-17-19-21-23-24-25-26-31-38-44-50-56-62-68-74-83(95(107)108-79-87-90(102)92(104)94(106)97(111-87)112-96-93(105)91(103)89(101)86(78-98)110-96)85(99)75-69-63-57-51-45-39-32-28-27-30-37-43-49-55-61-67-73-82-77-84(82)80(3)71-65-59-53-47-41-35-33-34-40-46-52-58-64-70-76-88(100)109-81(4)72-66-60-54-48-42-36-29-22-20-18-16-14-12-10-8-6-2/h80-87,89-94,96-99,101-106H,5-79H2,1-4H3/t80-,81-,82-,83+,84+,85+,86-,87?,89?,90+,91-,92-,93?,94?,96?,97+/m0/s1. The molecule has 0 aromatic heterocycles. The van der Waals surface area contributed by atoms with Crippen LogP contribution < -0.4 is 0 Å². The van der Waals surface area contributed by atoms with Crippen LogP contribution in [0.3, 0.4) is 0 Å². The molecule has 2 heterocycles. The topological polar surface area (TPSA) is 242 Å². The molecule has 15 nitrogen and oxygen atoms in total. The fourth-order valence-corrected chi connectivity index (χ4v) is 18.0. The van der Waals surface area contributed by atoms with Gasteiger partial charge in [0, 0.05) is 6.42 Å². The number of ether oxygens (including phenoxy) is 5. The summed E-state index contributed by atoms with van der Waals surface area (Å²) in [6.07, 6.45) is 76.1. The second kappa shape index (κ2) is 73.4. The van der Waals surface area contributed by atoms with Crippen molar-refractivity contribution in [2.24, 2.45) is 23.7 Å². The molecule has 3 fully saturated rings. The first kappa shape index (κ1) is 105. The predicted molar refractivity (Wildman–Crippen MR) is 462 cm³/mol. The maximum absolute atomic E-state index is 13.8. The van der Waals surface area contributed by atoms with Gasteiger partial charge in [0.2, 0.25) is 0 Å². The summed E-state index contributed by atoms with van der Waals surface area (Å²) in [5.74, 6) is 1.54. The summed E-state index contributed by atoms with van der Waals surface area (Å²) >= 11 is 0. The zero-order valence-electron chi connectivity index (χ0n) is 73.7. The van der Waals surface area contributed by atoms with E-state index in [0.717, 1.165) is 82.0 Å². The number of esters is 2. The Kier molecular flexibility index (Phi) is 68.6. The third-order valence-corrected chi connectivity index (χ3v) is 25.9. The second-order valence-electron chi connectivity index (χ2n) is 36.4. The molecule has 5 unspecified atom stereocenters. The molecule has 0 bridgehead atoms. The van der Waals surface area contributed by atoms with E-state index in [-0.39, 0.29) is 12.1 Å². The van der Waals surface area contributed by atoms with E-state index in [1.165, 1.54) is 385 Å². The highest BCUT2D eigenvalue weighted by molar-refractivity contribution is 5.73. The highest BCUT2D eigenvalue weighted by atomic mass is 16.8. The molecule has 1 aliphatic carbocycles. The van der Waals surface area contributed by atoms with Crippen LogP contribution in [0.4, 0.5) is 0 Å². The SMILES string of the molecule is CCCCCCCCCCCCCCCCCCCCCC[C@@H](C(=O)OCC1O[C@H](OC2O[C@@H](CO)C(O)[C@H](O)C2O)C(O)[C@@H](O)[C@@H]1O)[C@H](O)CCCCCCCCCCCCCCCCCC[C@H]1C[C@@H]1[C@@H](C)CCCCCCCCCCCCCCCCC(=O)O[C@@H](C)CCCCCCCCCCCCCCCCCC. The normalized spacial score (nSPS) is 23.0. The molecule has 0 radical (unpaired) electrons. The minimum absolute atomic E-state index is 0.0153. The number of carbonyl (C=O) groups excluding carboxylic acids is 2. The number of carbonyl (C=O) groups is 2. The fraction of sp³-hybridized carbons (Fsp3) is 0.979. The average molecular weight is 1590 g/mol. The van der Waals surface area contributed by atoms with E-state index in [2.05, 4.69) is 27.7 Å². The molecule has 0 amide bonds. The van der Waals surface area contributed by atoms with Gasteiger partial charge in [-0.2, -0.15) is 0 Å². The number of aliphatic hydroxyl groups excluding tert-OH is 8. The van der Waals surface area contributed by atoms with E-state index in [9.17, 15) is 50.4 Å². The Labute approximate surface area is 689 Å². The third kappa shape index (κ3) is 54.6. The zero-order valence-corrected chi connectivity index (χ0v) is 73.7. The van der Waals surface area contributed by atoms with Crippen molar-refractivity contribution < 1.29 is 74.1 Å². The summed E-state index contributed by atoms with van der Waals surface area (Å²) in [4.78, 5) is 26.2. The molecule has 2 saturated heterocycles. The number of unbranched alkanes of at least 4 members (excludes halogenated alkanes) is 62. The lowest BCUT2D eigenvalue weighted by Crippen LogP contribution is -2.63. The van der Waals surface area contributed by atoms with Crippen molar-refractivity contribution in [1.82, 2.24) is 0 Å². The Morgan fingerprint density at radius 3 is 1.00 bits per heavy atom. The van der Waals surface area contributed by atoms with Crippen molar-refractivity contribution in [2.75, 3.05) is 13.2 Å². The van der Waals surface area contributed by atoms with Gasteiger partial charge in [0.1, 0.15) is 55.4 Å². The van der Waals surface area contributed by atoms with Crippen molar-refractivity contribution >= 4 is 11.9 Å². The first-order chi connectivity index (χ1) is 54.7. The molecule has 15 heteroatoms. The molecule has 8 N–H and O–H groups in total. The summed E-state index contributed by atoms with van der Waals surface area (Å²) < 4.78 is 28.2. The van der Waals surface area contributed by atoms with E-state index in [4.69, 9.17) is 23.7 Å². The minimum Gasteiger partial charge on any atom is -0.463 e. The fourth-order valence-electron chi connectivity index (χ4n) is 18.0. The third-order valence-electron chi connectivity index (χ3n) is 25.9.